The fourth-order valence-corrected chi connectivity index (χ4v) is 3.03. The maximum atomic E-state index is 12.2. The first-order valence-electron chi connectivity index (χ1n) is 7.60. The molecule has 0 aliphatic carbocycles. The van der Waals surface area contributed by atoms with E-state index >= 15 is 0 Å². The van der Waals surface area contributed by atoms with Crippen LogP contribution in [0.25, 0.3) is 0 Å². The van der Waals surface area contributed by atoms with Crippen LogP contribution < -0.4 is 16.0 Å². The summed E-state index contributed by atoms with van der Waals surface area (Å²) < 4.78 is 0. The van der Waals surface area contributed by atoms with Gasteiger partial charge in [0.2, 0.25) is 5.91 Å². The van der Waals surface area contributed by atoms with Crippen LogP contribution in [-0.2, 0) is 4.79 Å². The van der Waals surface area contributed by atoms with E-state index < -0.39 is 0 Å². The zero-order chi connectivity index (χ0) is 16.2. The molecule has 2 heterocycles. The molecule has 0 bridgehead atoms. The zero-order valence-corrected chi connectivity index (χ0v) is 13.7. The van der Waals surface area contributed by atoms with Gasteiger partial charge in [0.1, 0.15) is 0 Å². The molecule has 1 aromatic heterocycles. The van der Waals surface area contributed by atoms with Crippen LogP contribution in [0, 0.1) is 11.8 Å². The van der Waals surface area contributed by atoms with Gasteiger partial charge in [-0.05, 0) is 48.7 Å². The minimum atomic E-state index is -0.141. The predicted octanol–water partition coefficient (Wildman–Crippen LogP) is 2.79. The molecule has 1 aliphatic rings. The lowest BCUT2D eigenvalue weighted by molar-refractivity contribution is -0.121. The number of benzene rings is 1. The molecule has 2 aromatic rings. The van der Waals surface area contributed by atoms with Gasteiger partial charge in [-0.15, -0.1) is 11.3 Å². The van der Waals surface area contributed by atoms with Gasteiger partial charge in [0.25, 0.3) is 5.91 Å². The molecular weight excluding hydrogens is 310 g/mol. The summed E-state index contributed by atoms with van der Waals surface area (Å²) in [5, 5.41) is 10.8. The van der Waals surface area contributed by atoms with Crippen molar-refractivity contribution in [3.8, 4) is 0 Å². The number of carbonyl (C=O) groups excluding carboxylic acids is 2. The Labute approximate surface area is 139 Å². The number of thiophene rings is 1. The molecule has 1 unspecified atom stereocenters. The summed E-state index contributed by atoms with van der Waals surface area (Å²) in [5.74, 6) is 0.243. The van der Waals surface area contributed by atoms with E-state index in [0.717, 1.165) is 13.1 Å². The number of carbonyl (C=O) groups is 2. The molecule has 3 rings (SSSR count). The molecule has 1 aromatic carbocycles. The van der Waals surface area contributed by atoms with Crippen LogP contribution in [0.5, 0.6) is 0 Å². The second-order valence-electron chi connectivity index (χ2n) is 5.71. The summed E-state index contributed by atoms with van der Waals surface area (Å²) in [6.45, 7) is 3.74. The maximum absolute atomic E-state index is 12.2. The maximum Gasteiger partial charge on any atom is 0.265 e. The molecule has 2 amide bonds. The summed E-state index contributed by atoms with van der Waals surface area (Å²) in [6.07, 6.45) is 0. The van der Waals surface area contributed by atoms with Gasteiger partial charge >= 0.3 is 0 Å². The third-order valence-electron chi connectivity index (χ3n) is 4.07. The fraction of sp³-hybridized carbons (Fsp3) is 0.294. The molecule has 0 saturated carbocycles. The van der Waals surface area contributed by atoms with Gasteiger partial charge in [-0.25, -0.2) is 0 Å². The Morgan fingerprint density at radius 1 is 1.17 bits per heavy atom. The van der Waals surface area contributed by atoms with Crippen molar-refractivity contribution < 1.29 is 9.59 Å². The summed E-state index contributed by atoms with van der Waals surface area (Å²) in [5.41, 5.74) is 1.36. The third-order valence-corrected chi connectivity index (χ3v) is 4.94. The van der Waals surface area contributed by atoms with Crippen LogP contribution in [-0.4, -0.2) is 24.9 Å². The molecule has 5 nitrogen and oxygen atoms in total. The Hall–Kier alpha value is -2.18. The molecule has 1 aliphatic heterocycles. The highest BCUT2D eigenvalue weighted by molar-refractivity contribution is 7.12. The lowest BCUT2D eigenvalue weighted by atomic mass is 9.88. The summed E-state index contributed by atoms with van der Waals surface area (Å²) in [6, 6.07) is 10.8. The average Bonchev–Trinajstić information content (AvgIpc) is 3.00. The first-order chi connectivity index (χ1) is 11.1. The van der Waals surface area contributed by atoms with Crippen molar-refractivity contribution in [3.63, 3.8) is 0 Å². The second kappa shape index (κ2) is 6.93. The van der Waals surface area contributed by atoms with Gasteiger partial charge in [0.15, 0.2) is 0 Å². The van der Waals surface area contributed by atoms with Crippen molar-refractivity contribution in [2.75, 3.05) is 23.7 Å². The quantitative estimate of drug-likeness (QED) is 0.790. The van der Waals surface area contributed by atoms with Crippen LogP contribution in [0.1, 0.15) is 16.6 Å². The van der Waals surface area contributed by atoms with Gasteiger partial charge < -0.3 is 16.0 Å². The number of hydrogen-bond donors (Lipinski definition) is 3. The molecule has 1 fully saturated rings. The fourth-order valence-electron chi connectivity index (χ4n) is 2.41. The number of hydrogen-bond acceptors (Lipinski definition) is 4. The van der Waals surface area contributed by atoms with E-state index in [0.29, 0.717) is 22.2 Å². The summed E-state index contributed by atoms with van der Waals surface area (Å²) >= 11 is 1.39. The van der Waals surface area contributed by atoms with Gasteiger partial charge in [-0.3, -0.25) is 9.59 Å². The van der Waals surface area contributed by atoms with Gasteiger partial charge in [-0.1, -0.05) is 19.1 Å². The molecule has 1 atom stereocenters. The third kappa shape index (κ3) is 3.78. The topological polar surface area (TPSA) is 70.2 Å². The first-order valence-corrected chi connectivity index (χ1v) is 8.48. The van der Waals surface area contributed by atoms with E-state index in [2.05, 4.69) is 16.0 Å². The molecule has 23 heavy (non-hydrogen) atoms. The second-order valence-corrected chi connectivity index (χ2v) is 6.66. The van der Waals surface area contributed by atoms with Crippen LogP contribution >= 0.6 is 11.3 Å². The highest BCUT2D eigenvalue weighted by Crippen LogP contribution is 2.21. The summed E-state index contributed by atoms with van der Waals surface area (Å²) in [7, 11) is 0. The van der Waals surface area contributed by atoms with Crippen LogP contribution in [0.4, 0.5) is 11.4 Å². The Morgan fingerprint density at radius 3 is 2.52 bits per heavy atom. The number of amides is 2. The van der Waals surface area contributed by atoms with E-state index in [1.807, 2.05) is 30.5 Å². The molecule has 6 heteroatoms. The van der Waals surface area contributed by atoms with Crippen LogP contribution in [0.2, 0.25) is 0 Å². The predicted molar refractivity (Wildman–Crippen MR) is 92.9 cm³/mol. The lowest BCUT2D eigenvalue weighted by Crippen LogP contribution is -2.48. The SMILES string of the molecule is CC(C(=O)Nc1cccc(NC(=O)c2cccs2)c1)C1CNC1. The number of rotatable bonds is 5. The van der Waals surface area contributed by atoms with Gasteiger partial charge in [0, 0.05) is 17.3 Å². The average molecular weight is 329 g/mol. The van der Waals surface area contributed by atoms with Gasteiger partial charge in [-0.2, -0.15) is 0 Å². The minimum absolute atomic E-state index is 0.0123. The zero-order valence-electron chi connectivity index (χ0n) is 12.8. The molecule has 0 radical (unpaired) electrons. The minimum Gasteiger partial charge on any atom is -0.326 e. The van der Waals surface area contributed by atoms with Crippen molar-refractivity contribution in [3.05, 3.63) is 46.7 Å². The van der Waals surface area contributed by atoms with Crippen molar-refractivity contribution in [2.45, 2.75) is 6.92 Å². The van der Waals surface area contributed by atoms with Crippen molar-refractivity contribution in [2.24, 2.45) is 11.8 Å². The smallest absolute Gasteiger partial charge is 0.265 e. The van der Waals surface area contributed by atoms with Crippen molar-refractivity contribution >= 4 is 34.5 Å². The largest absolute Gasteiger partial charge is 0.326 e. The highest BCUT2D eigenvalue weighted by atomic mass is 32.1. The van der Waals surface area contributed by atoms with Gasteiger partial charge in [0.05, 0.1) is 4.88 Å². The molecule has 3 N–H and O–H groups in total. The van der Waals surface area contributed by atoms with Crippen molar-refractivity contribution in [1.29, 1.82) is 0 Å². The lowest BCUT2D eigenvalue weighted by Gasteiger charge is -2.31. The Bertz CT molecular complexity index is 696. The van der Waals surface area contributed by atoms with Crippen molar-refractivity contribution in [1.82, 2.24) is 5.32 Å². The summed E-state index contributed by atoms with van der Waals surface area (Å²) in [4.78, 5) is 25.0. The molecule has 120 valence electrons. The monoisotopic (exact) mass is 329 g/mol. The molecule has 0 spiro atoms. The van der Waals surface area contributed by atoms with E-state index in [1.54, 1.807) is 18.2 Å². The standard InChI is InChI=1S/C17H19N3O2S/c1-11(12-9-18-10-12)16(21)19-13-4-2-5-14(8-13)20-17(22)15-6-3-7-23-15/h2-8,11-12,18H,9-10H2,1H3,(H,19,21)(H,20,22). The Morgan fingerprint density at radius 2 is 1.91 bits per heavy atom. The van der Waals surface area contributed by atoms with E-state index in [9.17, 15) is 9.59 Å². The van der Waals surface area contributed by atoms with E-state index in [1.165, 1.54) is 11.3 Å². The molecule has 1 saturated heterocycles. The Kier molecular flexibility index (Phi) is 4.73. The van der Waals surface area contributed by atoms with Crippen LogP contribution in [0.15, 0.2) is 41.8 Å². The van der Waals surface area contributed by atoms with E-state index in [4.69, 9.17) is 0 Å². The normalized spacial score (nSPS) is 15.5. The van der Waals surface area contributed by atoms with Crippen LogP contribution in [0.3, 0.4) is 0 Å². The Balaban J connectivity index is 1.62. The highest BCUT2D eigenvalue weighted by Gasteiger charge is 2.28. The van der Waals surface area contributed by atoms with E-state index in [-0.39, 0.29) is 17.7 Å². The number of nitrogens with one attached hydrogen (secondary N) is 3. The first kappa shape index (κ1) is 15.7. The number of anilines is 2. The molecular formula is C17H19N3O2S.